The molecule has 5 nitrogen and oxygen atoms in total. The van der Waals surface area contributed by atoms with Crippen LogP contribution in [0.4, 0.5) is 0 Å². The van der Waals surface area contributed by atoms with Crippen LogP contribution in [-0.2, 0) is 4.79 Å². The molecule has 1 fully saturated rings. The third-order valence-electron chi connectivity index (χ3n) is 4.55. The molecule has 0 radical (unpaired) electrons. The molecule has 132 valence electrons. The predicted octanol–water partition coefficient (Wildman–Crippen LogP) is 2.31. The molecule has 1 aromatic carbocycles. The molecule has 2 N–H and O–H groups in total. The van der Waals surface area contributed by atoms with Crippen LogP contribution < -0.4 is 10.6 Å². The number of rotatable bonds is 6. The molecule has 1 heterocycles. The lowest BCUT2D eigenvalue weighted by Crippen LogP contribution is -2.49. The second-order valence-electron chi connectivity index (χ2n) is 6.36. The van der Waals surface area contributed by atoms with Gasteiger partial charge in [-0.25, -0.2) is 0 Å². The van der Waals surface area contributed by atoms with Crippen LogP contribution in [0.5, 0.6) is 0 Å². The van der Waals surface area contributed by atoms with E-state index < -0.39 is 6.04 Å². The first kappa shape index (κ1) is 18.7. The van der Waals surface area contributed by atoms with Crippen molar-refractivity contribution in [1.29, 1.82) is 0 Å². The number of piperidine rings is 1. The number of hydrogen-bond acceptors (Lipinski definition) is 3. The van der Waals surface area contributed by atoms with Gasteiger partial charge in [0.25, 0.3) is 5.91 Å². The molecule has 1 aliphatic heterocycles. The second-order valence-corrected chi connectivity index (χ2v) is 6.80. The van der Waals surface area contributed by atoms with Crippen molar-refractivity contribution in [3.05, 3.63) is 34.9 Å². The van der Waals surface area contributed by atoms with Crippen LogP contribution in [0.25, 0.3) is 0 Å². The Hall–Kier alpha value is -1.59. The van der Waals surface area contributed by atoms with E-state index in [4.69, 9.17) is 11.6 Å². The van der Waals surface area contributed by atoms with E-state index in [-0.39, 0.29) is 11.8 Å². The molecule has 24 heavy (non-hydrogen) atoms. The first-order valence-corrected chi connectivity index (χ1v) is 8.89. The minimum Gasteiger partial charge on any atom is -0.341 e. The molecule has 1 saturated heterocycles. The Bertz CT molecular complexity index is 554. The Balaban J connectivity index is 1.82. The Labute approximate surface area is 148 Å². The highest BCUT2D eigenvalue weighted by Crippen LogP contribution is 2.20. The summed E-state index contributed by atoms with van der Waals surface area (Å²) in [6.45, 7) is 4.30. The number of amides is 2. The summed E-state index contributed by atoms with van der Waals surface area (Å²) < 4.78 is 0. The van der Waals surface area contributed by atoms with E-state index in [2.05, 4.69) is 10.6 Å². The molecular weight excluding hydrogens is 326 g/mol. The SMILES string of the molecule is CNCCC1CCN(C(=O)C(C)NC(=O)c2ccc(Cl)cc2)CC1. The molecule has 0 saturated carbocycles. The molecule has 6 heteroatoms. The molecule has 1 aliphatic rings. The predicted molar refractivity (Wildman–Crippen MR) is 96.2 cm³/mol. The lowest BCUT2D eigenvalue weighted by atomic mass is 9.93. The van der Waals surface area contributed by atoms with E-state index in [9.17, 15) is 9.59 Å². The van der Waals surface area contributed by atoms with E-state index in [1.54, 1.807) is 31.2 Å². The van der Waals surface area contributed by atoms with Crippen molar-refractivity contribution >= 4 is 23.4 Å². The maximum Gasteiger partial charge on any atom is 0.251 e. The average Bonchev–Trinajstić information content (AvgIpc) is 2.60. The van der Waals surface area contributed by atoms with Crippen LogP contribution >= 0.6 is 11.6 Å². The van der Waals surface area contributed by atoms with Crippen LogP contribution in [0.2, 0.25) is 5.02 Å². The molecule has 0 aliphatic carbocycles. The minimum atomic E-state index is -0.526. The minimum absolute atomic E-state index is 0.00983. The highest BCUT2D eigenvalue weighted by molar-refractivity contribution is 6.30. The number of nitrogens with one attached hydrogen (secondary N) is 2. The number of likely N-dealkylation sites (tertiary alicyclic amines) is 1. The van der Waals surface area contributed by atoms with Gasteiger partial charge in [-0.05, 0) is 70.0 Å². The summed E-state index contributed by atoms with van der Waals surface area (Å²) in [7, 11) is 1.96. The smallest absolute Gasteiger partial charge is 0.251 e. The number of nitrogens with zero attached hydrogens (tertiary/aromatic N) is 1. The van der Waals surface area contributed by atoms with Crippen molar-refractivity contribution in [2.45, 2.75) is 32.2 Å². The Morgan fingerprint density at radius 1 is 1.25 bits per heavy atom. The molecule has 2 rings (SSSR count). The third-order valence-corrected chi connectivity index (χ3v) is 4.81. The fraction of sp³-hybridized carbons (Fsp3) is 0.556. The van der Waals surface area contributed by atoms with Gasteiger partial charge in [-0.15, -0.1) is 0 Å². The Kier molecular flexibility index (Phi) is 7.06. The number of benzene rings is 1. The van der Waals surface area contributed by atoms with Crippen LogP contribution in [0.3, 0.4) is 0 Å². The maximum atomic E-state index is 12.5. The zero-order valence-electron chi connectivity index (χ0n) is 14.3. The molecule has 2 amide bonds. The summed E-state index contributed by atoms with van der Waals surface area (Å²) in [5.41, 5.74) is 0.504. The van der Waals surface area contributed by atoms with Gasteiger partial charge in [0.1, 0.15) is 6.04 Å². The van der Waals surface area contributed by atoms with E-state index in [1.807, 2.05) is 11.9 Å². The van der Waals surface area contributed by atoms with Gasteiger partial charge in [0.15, 0.2) is 0 Å². The fourth-order valence-electron chi connectivity index (χ4n) is 3.01. The average molecular weight is 352 g/mol. The number of carbonyl (C=O) groups is 2. The molecule has 0 bridgehead atoms. The van der Waals surface area contributed by atoms with Crippen molar-refractivity contribution in [2.75, 3.05) is 26.7 Å². The van der Waals surface area contributed by atoms with Gasteiger partial charge < -0.3 is 15.5 Å². The summed E-state index contributed by atoms with van der Waals surface area (Å²) in [4.78, 5) is 26.6. The largest absolute Gasteiger partial charge is 0.341 e. The Morgan fingerprint density at radius 2 is 1.88 bits per heavy atom. The van der Waals surface area contributed by atoms with E-state index in [1.165, 1.54) is 0 Å². The van der Waals surface area contributed by atoms with Crippen molar-refractivity contribution in [2.24, 2.45) is 5.92 Å². The normalized spacial score (nSPS) is 16.7. The molecule has 1 aromatic rings. The summed E-state index contributed by atoms with van der Waals surface area (Å²) in [5, 5.41) is 6.53. The number of hydrogen-bond donors (Lipinski definition) is 2. The zero-order valence-corrected chi connectivity index (χ0v) is 15.1. The van der Waals surface area contributed by atoms with Gasteiger partial charge in [0.05, 0.1) is 0 Å². The standard InChI is InChI=1S/C18H26ClN3O2/c1-13(21-17(23)15-3-5-16(19)6-4-15)18(24)22-11-8-14(9-12-22)7-10-20-2/h3-6,13-14,20H,7-12H2,1-2H3,(H,21,23). The number of carbonyl (C=O) groups excluding carboxylic acids is 2. The number of halogens is 1. The lowest BCUT2D eigenvalue weighted by molar-refractivity contribution is -0.134. The van der Waals surface area contributed by atoms with E-state index >= 15 is 0 Å². The Morgan fingerprint density at radius 3 is 2.46 bits per heavy atom. The van der Waals surface area contributed by atoms with Gasteiger partial charge >= 0.3 is 0 Å². The van der Waals surface area contributed by atoms with Gasteiger partial charge in [-0.1, -0.05) is 11.6 Å². The molecule has 0 spiro atoms. The first-order valence-electron chi connectivity index (χ1n) is 8.51. The van der Waals surface area contributed by atoms with Crippen LogP contribution in [0.1, 0.15) is 36.5 Å². The highest BCUT2D eigenvalue weighted by Gasteiger charge is 2.26. The van der Waals surface area contributed by atoms with E-state index in [0.717, 1.165) is 38.9 Å². The summed E-state index contributed by atoms with van der Waals surface area (Å²) in [6, 6.07) is 6.12. The maximum absolute atomic E-state index is 12.5. The summed E-state index contributed by atoms with van der Waals surface area (Å²) >= 11 is 5.82. The topological polar surface area (TPSA) is 61.4 Å². The zero-order chi connectivity index (χ0) is 17.5. The van der Waals surface area contributed by atoms with Gasteiger partial charge in [0.2, 0.25) is 5.91 Å². The molecule has 1 atom stereocenters. The molecular formula is C18H26ClN3O2. The monoisotopic (exact) mass is 351 g/mol. The third kappa shape index (κ3) is 5.21. The van der Waals surface area contributed by atoms with Crippen molar-refractivity contribution in [1.82, 2.24) is 15.5 Å². The highest BCUT2D eigenvalue weighted by atomic mass is 35.5. The van der Waals surface area contributed by atoms with Crippen molar-refractivity contribution in [3.63, 3.8) is 0 Å². The van der Waals surface area contributed by atoms with Crippen molar-refractivity contribution in [3.8, 4) is 0 Å². The van der Waals surface area contributed by atoms with Gasteiger partial charge in [-0.2, -0.15) is 0 Å². The van der Waals surface area contributed by atoms with Crippen LogP contribution in [0, 0.1) is 5.92 Å². The van der Waals surface area contributed by atoms with Crippen molar-refractivity contribution < 1.29 is 9.59 Å². The molecule has 1 unspecified atom stereocenters. The fourth-order valence-corrected chi connectivity index (χ4v) is 3.13. The van der Waals surface area contributed by atoms with Gasteiger partial charge in [-0.3, -0.25) is 9.59 Å². The van der Waals surface area contributed by atoms with Crippen LogP contribution in [0.15, 0.2) is 24.3 Å². The second kappa shape index (κ2) is 9.04. The first-order chi connectivity index (χ1) is 11.5. The molecule has 0 aromatic heterocycles. The summed E-state index contributed by atoms with van der Waals surface area (Å²) in [5.74, 6) is 0.418. The lowest BCUT2D eigenvalue weighted by Gasteiger charge is -2.33. The summed E-state index contributed by atoms with van der Waals surface area (Å²) in [6.07, 6.45) is 3.22. The quantitative estimate of drug-likeness (QED) is 0.826. The van der Waals surface area contributed by atoms with Crippen LogP contribution in [-0.4, -0.2) is 49.4 Å². The van der Waals surface area contributed by atoms with Gasteiger partial charge in [0, 0.05) is 23.7 Å². The van der Waals surface area contributed by atoms with E-state index in [0.29, 0.717) is 16.5 Å².